The minimum Gasteiger partial charge on any atom is -0.330 e. The average Bonchev–Trinajstić information content (AvgIpc) is 2.39. The van der Waals surface area contributed by atoms with Gasteiger partial charge in [0, 0.05) is 18.5 Å². The molecule has 116 valence electrons. The van der Waals surface area contributed by atoms with E-state index in [4.69, 9.17) is 5.73 Å². The molecule has 0 aromatic heterocycles. The van der Waals surface area contributed by atoms with Crippen LogP contribution in [0.1, 0.15) is 43.2 Å². The van der Waals surface area contributed by atoms with Crippen molar-refractivity contribution in [2.24, 2.45) is 5.73 Å². The summed E-state index contributed by atoms with van der Waals surface area (Å²) in [5.41, 5.74) is 9.22. The highest BCUT2D eigenvalue weighted by Gasteiger charge is 2.32. The normalized spacial score (nSPS) is 17.2. The molecule has 0 atom stereocenters. The van der Waals surface area contributed by atoms with Crippen LogP contribution in [-0.4, -0.2) is 25.5 Å². The Balaban J connectivity index is 0.00000180. The molecule has 1 saturated carbocycles. The van der Waals surface area contributed by atoms with E-state index in [0.29, 0.717) is 0 Å². The first-order valence-electron chi connectivity index (χ1n) is 7.10. The van der Waals surface area contributed by atoms with E-state index < -0.39 is 0 Å². The van der Waals surface area contributed by atoms with Gasteiger partial charge in [-0.05, 0) is 38.1 Å². The van der Waals surface area contributed by atoms with Crippen molar-refractivity contribution in [3.63, 3.8) is 0 Å². The maximum atomic E-state index is 6.11. The van der Waals surface area contributed by atoms with Gasteiger partial charge in [0.05, 0.1) is 0 Å². The summed E-state index contributed by atoms with van der Waals surface area (Å²) in [7, 11) is 4.23. The van der Waals surface area contributed by atoms with Crippen LogP contribution in [-0.2, 0) is 12.0 Å². The molecule has 0 amide bonds. The molecular formula is C16H28Cl2N2. The molecule has 2 N–H and O–H groups in total. The van der Waals surface area contributed by atoms with Crippen molar-refractivity contribution in [1.82, 2.24) is 4.90 Å². The van der Waals surface area contributed by atoms with Crippen LogP contribution in [0.4, 0.5) is 0 Å². The fourth-order valence-electron chi connectivity index (χ4n) is 3.20. The van der Waals surface area contributed by atoms with Crippen LogP contribution in [0.25, 0.3) is 0 Å². The van der Waals surface area contributed by atoms with Crippen LogP contribution < -0.4 is 5.73 Å². The molecule has 20 heavy (non-hydrogen) atoms. The second-order valence-corrected chi connectivity index (χ2v) is 5.98. The first-order chi connectivity index (χ1) is 8.66. The standard InChI is InChI=1S/C16H26N2.2ClH/c1-18(2)12-14-7-6-8-15(11-14)16(13-17)9-4-3-5-10-16;;/h6-8,11H,3-5,9-10,12-13,17H2,1-2H3;2*1H. The number of hydrogen-bond acceptors (Lipinski definition) is 2. The molecule has 0 unspecified atom stereocenters. The van der Waals surface area contributed by atoms with E-state index in [1.807, 2.05) is 0 Å². The Morgan fingerprint density at radius 2 is 1.75 bits per heavy atom. The predicted molar refractivity (Wildman–Crippen MR) is 92.1 cm³/mol. The molecule has 0 radical (unpaired) electrons. The molecule has 1 aromatic rings. The van der Waals surface area contributed by atoms with Crippen molar-refractivity contribution in [1.29, 1.82) is 0 Å². The number of benzene rings is 1. The van der Waals surface area contributed by atoms with Crippen molar-refractivity contribution >= 4 is 24.8 Å². The Morgan fingerprint density at radius 3 is 2.30 bits per heavy atom. The summed E-state index contributed by atoms with van der Waals surface area (Å²) >= 11 is 0. The molecule has 1 aliphatic carbocycles. The lowest BCUT2D eigenvalue weighted by Gasteiger charge is -2.37. The summed E-state index contributed by atoms with van der Waals surface area (Å²) in [5, 5.41) is 0. The van der Waals surface area contributed by atoms with Gasteiger partial charge in [-0.3, -0.25) is 0 Å². The van der Waals surface area contributed by atoms with Gasteiger partial charge < -0.3 is 10.6 Å². The summed E-state index contributed by atoms with van der Waals surface area (Å²) in [6.45, 7) is 1.80. The zero-order valence-corrected chi connectivity index (χ0v) is 14.2. The van der Waals surface area contributed by atoms with Gasteiger partial charge in [-0.1, -0.05) is 43.5 Å². The number of nitrogens with two attached hydrogens (primary N) is 1. The van der Waals surface area contributed by atoms with Crippen LogP contribution in [0.3, 0.4) is 0 Å². The van der Waals surface area contributed by atoms with Gasteiger partial charge in [-0.25, -0.2) is 0 Å². The van der Waals surface area contributed by atoms with Crippen LogP contribution in [0.5, 0.6) is 0 Å². The molecule has 0 aliphatic heterocycles. The highest BCUT2D eigenvalue weighted by molar-refractivity contribution is 5.85. The lowest BCUT2D eigenvalue weighted by molar-refractivity contribution is 0.300. The van der Waals surface area contributed by atoms with Gasteiger partial charge in [-0.2, -0.15) is 0 Å². The molecule has 2 nitrogen and oxygen atoms in total. The van der Waals surface area contributed by atoms with E-state index in [-0.39, 0.29) is 30.2 Å². The summed E-state index contributed by atoms with van der Waals surface area (Å²) < 4.78 is 0. The largest absolute Gasteiger partial charge is 0.330 e. The Morgan fingerprint density at radius 1 is 1.10 bits per heavy atom. The van der Waals surface area contributed by atoms with Gasteiger partial charge in [0.25, 0.3) is 0 Å². The minimum absolute atomic E-state index is 0. The smallest absolute Gasteiger partial charge is 0.0227 e. The van der Waals surface area contributed by atoms with E-state index in [1.165, 1.54) is 43.2 Å². The molecule has 0 bridgehead atoms. The van der Waals surface area contributed by atoms with E-state index in [2.05, 4.69) is 43.3 Å². The maximum absolute atomic E-state index is 6.11. The summed E-state index contributed by atoms with van der Waals surface area (Å²) in [4.78, 5) is 2.22. The van der Waals surface area contributed by atoms with Gasteiger partial charge in [0.1, 0.15) is 0 Å². The molecule has 0 saturated heterocycles. The van der Waals surface area contributed by atoms with Crippen LogP contribution >= 0.6 is 24.8 Å². The van der Waals surface area contributed by atoms with Gasteiger partial charge in [-0.15, -0.1) is 24.8 Å². The molecule has 1 fully saturated rings. The number of nitrogens with zero attached hydrogens (tertiary/aromatic N) is 1. The maximum Gasteiger partial charge on any atom is 0.0227 e. The fraction of sp³-hybridized carbons (Fsp3) is 0.625. The molecule has 2 rings (SSSR count). The van der Waals surface area contributed by atoms with Crippen molar-refractivity contribution in [2.45, 2.75) is 44.1 Å². The van der Waals surface area contributed by atoms with Crippen molar-refractivity contribution in [2.75, 3.05) is 20.6 Å². The van der Waals surface area contributed by atoms with Crippen molar-refractivity contribution in [3.8, 4) is 0 Å². The molecule has 1 aliphatic rings. The molecule has 0 spiro atoms. The second kappa shape index (κ2) is 8.89. The SMILES string of the molecule is CN(C)Cc1cccc(C2(CN)CCCCC2)c1.Cl.Cl. The molecular weight excluding hydrogens is 291 g/mol. The van der Waals surface area contributed by atoms with E-state index >= 15 is 0 Å². The monoisotopic (exact) mass is 318 g/mol. The first kappa shape index (κ1) is 19.7. The minimum atomic E-state index is 0. The van der Waals surface area contributed by atoms with Crippen LogP contribution in [0.15, 0.2) is 24.3 Å². The first-order valence-corrected chi connectivity index (χ1v) is 7.10. The van der Waals surface area contributed by atoms with Gasteiger partial charge >= 0.3 is 0 Å². The number of rotatable bonds is 4. The molecule has 1 aromatic carbocycles. The van der Waals surface area contributed by atoms with Crippen LogP contribution in [0, 0.1) is 0 Å². The summed E-state index contributed by atoms with van der Waals surface area (Å²) in [6, 6.07) is 9.06. The van der Waals surface area contributed by atoms with E-state index in [9.17, 15) is 0 Å². The Kier molecular flexibility index (Phi) is 8.76. The topological polar surface area (TPSA) is 29.3 Å². The Labute approximate surface area is 135 Å². The number of halogens is 2. The number of hydrogen-bond donors (Lipinski definition) is 1. The average molecular weight is 319 g/mol. The zero-order chi connectivity index (χ0) is 13.0. The van der Waals surface area contributed by atoms with Crippen molar-refractivity contribution < 1.29 is 0 Å². The van der Waals surface area contributed by atoms with Crippen molar-refractivity contribution in [3.05, 3.63) is 35.4 Å². The summed E-state index contributed by atoms with van der Waals surface area (Å²) in [5.74, 6) is 0. The van der Waals surface area contributed by atoms with Crippen LogP contribution in [0.2, 0.25) is 0 Å². The molecule has 4 heteroatoms. The zero-order valence-electron chi connectivity index (χ0n) is 12.6. The lowest BCUT2D eigenvalue weighted by atomic mass is 9.69. The lowest BCUT2D eigenvalue weighted by Crippen LogP contribution is -2.37. The van der Waals surface area contributed by atoms with Gasteiger partial charge in [0.2, 0.25) is 0 Å². The third-order valence-electron chi connectivity index (χ3n) is 4.24. The van der Waals surface area contributed by atoms with E-state index in [1.54, 1.807) is 0 Å². The highest BCUT2D eigenvalue weighted by Crippen LogP contribution is 2.38. The fourth-order valence-corrected chi connectivity index (χ4v) is 3.20. The highest BCUT2D eigenvalue weighted by atomic mass is 35.5. The second-order valence-electron chi connectivity index (χ2n) is 5.98. The van der Waals surface area contributed by atoms with E-state index in [0.717, 1.165) is 13.1 Å². The Bertz CT molecular complexity index is 388. The van der Waals surface area contributed by atoms with Gasteiger partial charge in [0.15, 0.2) is 0 Å². The quantitative estimate of drug-likeness (QED) is 0.916. The summed E-state index contributed by atoms with van der Waals surface area (Å²) in [6.07, 6.45) is 6.55. The third-order valence-corrected chi connectivity index (χ3v) is 4.24. The molecule has 0 heterocycles. The predicted octanol–water partition coefficient (Wildman–Crippen LogP) is 3.75. The third kappa shape index (κ3) is 4.63. The Hall–Kier alpha value is -0.280.